The molecule has 2 N–H and O–H groups in total. The van der Waals surface area contributed by atoms with Gasteiger partial charge in [0.15, 0.2) is 5.11 Å². The van der Waals surface area contributed by atoms with E-state index in [2.05, 4.69) is 53.7 Å². The summed E-state index contributed by atoms with van der Waals surface area (Å²) in [7, 11) is 0. The zero-order chi connectivity index (χ0) is 15.2. The molecule has 110 valence electrons. The molecule has 0 saturated carbocycles. The molecule has 3 nitrogen and oxygen atoms in total. The largest absolute Gasteiger partial charge is 0.356 e. The van der Waals surface area contributed by atoms with Crippen molar-refractivity contribution in [1.82, 2.24) is 10.3 Å². The number of hydrogen-bond donors (Lipinski definition) is 2. The second kappa shape index (κ2) is 7.18. The molecule has 21 heavy (non-hydrogen) atoms. The quantitative estimate of drug-likeness (QED) is 0.832. The van der Waals surface area contributed by atoms with Gasteiger partial charge in [0.1, 0.15) is 5.82 Å². The Morgan fingerprint density at radius 3 is 2.67 bits per heavy atom. The Morgan fingerprint density at radius 1 is 1.24 bits per heavy atom. The summed E-state index contributed by atoms with van der Waals surface area (Å²) in [5.41, 5.74) is 3.70. The fraction of sp³-hybridized carbons (Fsp3) is 0.294. The Labute approximate surface area is 131 Å². The van der Waals surface area contributed by atoms with Crippen molar-refractivity contribution in [1.29, 1.82) is 0 Å². The highest BCUT2D eigenvalue weighted by Crippen LogP contribution is 2.20. The summed E-state index contributed by atoms with van der Waals surface area (Å²) in [4.78, 5) is 4.26. The minimum Gasteiger partial charge on any atom is -0.356 e. The summed E-state index contributed by atoms with van der Waals surface area (Å²) in [5, 5.41) is 7.12. The van der Waals surface area contributed by atoms with Crippen molar-refractivity contribution < 1.29 is 0 Å². The van der Waals surface area contributed by atoms with E-state index in [1.54, 1.807) is 6.20 Å². The summed E-state index contributed by atoms with van der Waals surface area (Å²) in [6, 6.07) is 12.5. The minimum atomic E-state index is 0.205. The first-order valence-corrected chi connectivity index (χ1v) is 7.56. The van der Waals surface area contributed by atoms with Gasteiger partial charge in [-0.1, -0.05) is 31.2 Å². The van der Waals surface area contributed by atoms with Gasteiger partial charge in [0.2, 0.25) is 0 Å². The lowest BCUT2D eigenvalue weighted by Crippen LogP contribution is -2.32. The molecule has 1 atom stereocenters. The lowest BCUT2D eigenvalue weighted by molar-refractivity contribution is 0.625. The van der Waals surface area contributed by atoms with Gasteiger partial charge in [-0.15, -0.1) is 0 Å². The van der Waals surface area contributed by atoms with Gasteiger partial charge < -0.3 is 10.6 Å². The summed E-state index contributed by atoms with van der Waals surface area (Å²) in [6.07, 6.45) is 2.74. The van der Waals surface area contributed by atoms with Gasteiger partial charge in [0.05, 0.1) is 6.04 Å². The van der Waals surface area contributed by atoms with Crippen LogP contribution in [0.1, 0.15) is 36.1 Å². The number of anilines is 1. The molecule has 0 aliphatic heterocycles. The fourth-order valence-electron chi connectivity index (χ4n) is 2.29. The van der Waals surface area contributed by atoms with Crippen molar-refractivity contribution in [3.63, 3.8) is 0 Å². The van der Waals surface area contributed by atoms with Gasteiger partial charge in [-0.3, -0.25) is 0 Å². The van der Waals surface area contributed by atoms with E-state index in [0.717, 1.165) is 17.8 Å². The number of thiocarbonyl (C=S) groups is 1. The maximum atomic E-state index is 5.40. The summed E-state index contributed by atoms with van der Waals surface area (Å²) in [6.45, 7) is 6.31. The van der Waals surface area contributed by atoms with Gasteiger partial charge in [0, 0.05) is 6.20 Å². The first-order chi connectivity index (χ1) is 10.1. The third-order valence-electron chi connectivity index (χ3n) is 3.43. The Hall–Kier alpha value is -1.94. The van der Waals surface area contributed by atoms with Crippen LogP contribution in [0.4, 0.5) is 5.82 Å². The zero-order valence-electron chi connectivity index (χ0n) is 12.7. The third-order valence-corrected chi connectivity index (χ3v) is 3.65. The van der Waals surface area contributed by atoms with E-state index in [1.165, 1.54) is 11.1 Å². The molecular formula is C17H21N3S. The maximum Gasteiger partial charge on any atom is 0.172 e. The molecule has 1 aromatic heterocycles. The number of benzene rings is 1. The predicted octanol–water partition coefficient (Wildman–Crippen LogP) is 4.14. The van der Waals surface area contributed by atoms with Crippen LogP contribution in [0.15, 0.2) is 42.6 Å². The molecule has 0 bridgehead atoms. The number of rotatable bonds is 4. The van der Waals surface area contributed by atoms with Gasteiger partial charge in [-0.05, 0) is 61.3 Å². The van der Waals surface area contributed by atoms with E-state index in [-0.39, 0.29) is 6.04 Å². The van der Waals surface area contributed by atoms with Crippen LogP contribution < -0.4 is 10.6 Å². The van der Waals surface area contributed by atoms with Crippen LogP contribution >= 0.6 is 12.2 Å². The van der Waals surface area contributed by atoms with E-state index >= 15 is 0 Å². The monoisotopic (exact) mass is 299 g/mol. The highest BCUT2D eigenvalue weighted by molar-refractivity contribution is 7.80. The Morgan fingerprint density at radius 2 is 2.00 bits per heavy atom. The van der Waals surface area contributed by atoms with Gasteiger partial charge in [-0.2, -0.15) is 0 Å². The molecule has 2 rings (SSSR count). The maximum absolute atomic E-state index is 5.40. The van der Waals surface area contributed by atoms with Crippen LogP contribution in [0.2, 0.25) is 0 Å². The third kappa shape index (κ3) is 4.26. The number of aryl methyl sites for hydroxylation is 2. The SMILES string of the molecule is CC[C@H](NC(=S)Nc1cc(C)ccn1)c1ccccc1C. The Balaban J connectivity index is 2.05. The van der Waals surface area contributed by atoms with Crippen molar-refractivity contribution in [3.05, 3.63) is 59.3 Å². The van der Waals surface area contributed by atoms with E-state index in [9.17, 15) is 0 Å². The van der Waals surface area contributed by atoms with Crippen LogP contribution in [0.25, 0.3) is 0 Å². The van der Waals surface area contributed by atoms with E-state index < -0.39 is 0 Å². The van der Waals surface area contributed by atoms with Crippen LogP contribution in [0.5, 0.6) is 0 Å². The molecule has 2 aromatic rings. The second-order valence-corrected chi connectivity index (χ2v) is 5.54. The number of hydrogen-bond acceptors (Lipinski definition) is 2. The molecule has 1 aromatic carbocycles. The first-order valence-electron chi connectivity index (χ1n) is 7.16. The van der Waals surface area contributed by atoms with E-state index in [4.69, 9.17) is 12.2 Å². The molecule has 0 amide bonds. The van der Waals surface area contributed by atoms with Crippen LogP contribution in [0.3, 0.4) is 0 Å². The normalized spacial score (nSPS) is 11.8. The Kier molecular flexibility index (Phi) is 5.28. The summed E-state index contributed by atoms with van der Waals surface area (Å²) in [5.74, 6) is 0.770. The standard InChI is InChI=1S/C17H21N3S/c1-4-15(14-8-6-5-7-13(14)3)19-17(21)20-16-11-12(2)9-10-18-16/h5-11,15H,4H2,1-3H3,(H2,18,19,20,21)/t15-/m0/s1. The van der Waals surface area contributed by atoms with Crippen LogP contribution in [-0.4, -0.2) is 10.1 Å². The van der Waals surface area contributed by atoms with Crippen molar-refractivity contribution in [2.24, 2.45) is 0 Å². The van der Waals surface area contributed by atoms with Crippen molar-refractivity contribution in [2.75, 3.05) is 5.32 Å². The number of nitrogens with zero attached hydrogens (tertiary/aromatic N) is 1. The first kappa shape index (κ1) is 15.4. The number of aromatic nitrogens is 1. The number of pyridine rings is 1. The van der Waals surface area contributed by atoms with Crippen molar-refractivity contribution in [3.8, 4) is 0 Å². The van der Waals surface area contributed by atoms with Crippen LogP contribution in [0, 0.1) is 13.8 Å². The molecule has 4 heteroatoms. The van der Waals surface area contributed by atoms with E-state index in [0.29, 0.717) is 5.11 Å². The van der Waals surface area contributed by atoms with Gasteiger partial charge in [0.25, 0.3) is 0 Å². The molecule has 0 saturated heterocycles. The second-order valence-electron chi connectivity index (χ2n) is 5.13. The van der Waals surface area contributed by atoms with Crippen LogP contribution in [-0.2, 0) is 0 Å². The topological polar surface area (TPSA) is 37.0 Å². The molecular weight excluding hydrogens is 278 g/mol. The molecule has 1 heterocycles. The molecule has 0 spiro atoms. The summed E-state index contributed by atoms with van der Waals surface area (Å²) >= 11 is 5.40. The zero-order valence-corrected chi connectivity index (χ0v) is 13.5. The van der Waals surface area contributed by atoms with Gasteiger partial charge >= 0.3 is 0 Å². The molecule has 0 aliphatic carbocycles. The predicted molar refractivity (Wildman–Crippen MR) is 92.5 cm³/mol. The minimum absolute atomic E-state index is 0.205. The molecule has 0 aliphatic rings. The van der Waals surface area contributed by atoms with Gasteiger partial charge in [-0.25, -0.2) is 4.98 Å². The lowest BCUT2D eigenvalue weighted by atomic mass is 10.00. The highest BCUT2D eigenvalue weighted by atomic mass is 32.1. The summed E-state index contributed by atoms with van der Waals surface area (Å²) < 4.78 is 0. The fourth-order valence-corrected chi connectivity index (χ4v) is 2.54. The smallest absolute Gasteiger partial charge is 0.172 e. The molecule has 0 radical (unpaired) electrons. The molecule has 0 fully saturated rings. The average molecular weight is 299 g/mol. The highest BCUT2D eigenvalue weighted by Gasteiger charge is 2.12. The van der Waals surface area contributed by atoms with Crippen molar-refractivity contribution in [2.45, 2.75) is 33.2 Å². The van der Waals surface area contributed by atoms with Crippen molar-refractivity contribution >= 4 is 23.1 Å². The van der Waals surface area contributed by atoms with E-state index in [1.807, 2.05) is 19.1 Å². The molecule has 0 unspecified atom stereocenters. The average Bonchev–Trinajstić information content (AvgIpc) is 2.45. The Bertz CT molecular complexity index is 625. The number of nitrogens with one attached hydrogen (secondary N) is 2. The lowest BCUT2D eigenvalue weighted by Gasteiger charge is -2.21.